The van der Waals surface area contributed by atoms with Crippen LogP contribution in [-0.4, -0.2) is 21.7 Å². The van der Waals surface area contributed by atoms with Crippen molar-refractivity contribution in [1.29, 1.82) is 0 Å². The molecule has 3 rings (SSSR count). The molecule has 134 valence electrons. The van der Waals surface area contributed by atoms with Crippen LogP contribution in [0.3, 0.4) is 0 Å². The van der Waals surface area contributed by atoms with E-state index in [9.17, 15) is 4.79 Å². The fraction of sp³-hybridized carbons (Fsp3) is 0.286. The maximum atomic E-state index is 12.2. The number of ketones is 1. The molecule has 5 heteroatoms. The highest BCUT2D eigenvalue weighted by Crippen LogP contribution is 2.27. The number of benzene rings is 2. The van der Waals surface area contributed by atoms with Crippen LogP contribution in [0.1, 0.15) is 42.3 Å². The summed E-state index contributed by atoms with van der Waals surface area (Å²) in [5.74, 6) is 0.785. The summed E-state index contributed by atoms with van der Waals surface area (Å²) in [5.41, 5.74) is 4.06. The van der Waals surface area contributed by atoms with Crippen LogP contribution < -0.4 is 0 Å². The van der Waals surface area contributed by atoms with Gasteiger partial charge in [0.1, 0.15) is 0 Å². The Bertz CT molecular complexity index is 891. The molecule has 0 amide bonds. The van der Waals surface area contributed by atoms with Gasteiger partial charge in [0.25, 0.3) is 5.22 Å². The predicted molar refractivity (Wildman–Crippen MR) is 105 cm³/mol. The Hall–Kier alpha value is -2.40. The van der Waals surface area contributed by atoms with E-state index in [1.165, 1.54) is 17.3 Å². The number of carbonyl (C=O) groups is 1. The highest BCUT2D eigenvalue weighted by molar-refractivity contribution is 7.99. The van der Waals surface area contributed by atoms with E-state index in [0.29, 0.717) is 16.7 Å². The highest BCUT2D eigenvalue weighted by atomic mass is 32.2. The lowest BCUT2D eigenvalue weighted by Crippen LogP contribution is -2.10. The molecule has 0 saturated heterocycles. The van der Waals surface area contributed by atoms with E-state index in [1.807, 2.05) is 43.3 Å². The zero-order valence-electron chi connectivity index (χ0n) is 15.4. The lowest BCUT2D eigenvalue weighted by molar-refractivity contribution is 0.102. The van der Waals surface area contributed by atoms with Gasteiger partial charge in [-0.25, -0.2) is 0 Å². The van der Waals surface area contributed by atoms with E-state index in [0.717, 1.165) is 11.1 Å². The van der Waals surface area contributed by atoms with Gasteiger partial charge < -0.3 is 4.42 Å². The van der Waals surface area contributed by atoms with Crippen molar-refractivity contribution in [3.05, 3.63) is 65.2 Å². The Balaban J connectivity index is 1.64. The van der Waals surface area contributed by atoms with Crippen molar-refractivity contribution in [2.45, 2.75) is 38.3 Å². The largest absolute Gasteiger partial charge is 0.411 e. The van der Waals surface area contributed by atoms with Gasteiger partial charge in [0, 0.05) is 11.1 Å². The van der Waals surface area contributed by atoms with Gasteiger partial charge in [-0.3, -0.25) is 4.79 Å². The first-order chi connectivity index (χ1) is 12.3. The molecular weight excluding hydrogens is 344 g/mol. The molecule has 0 unspecified atom stereocenters. The Morgan fingerprint density at radius 1 is 1.00 bits per heavy atom. The van der Waals surface area contributed by atoms with Crippen LogP contribution in [0, 0.1) is 6.92 Å². The lowest BCUT2D eigenvalue weighted by Gasteiger charge is -2.18. The minimum absolute atomic E-state index is 0.0456. The van der Waals surface area contributed by atoms with Crippen molar-refractivity contribution in [1.82, 2.24) is 10.2 Å². The Kier molecular flexibility index (Phi) is 5.28. The first-order valence-electron chi connectivity index (χ1n) is 8.50. The molecule has 0 spiro atoms. The maximum Gasteiger partial charge on any atom is 0.277 e. The molecule has 1 aromatic heterocycles. The zero-order chi connectivity index (χ0) is 18.7. The number of aromatic nitrogens is 2. The molecule has 0 aliphatic heterocycles. The summed E-state index contributed by atoms with van der Waals surface area (Å²) in [4.78, 5) is 12.2. The third-order valence-corrected chi connectivity index (χ3v) is 4.92. The monoisotopic (exact) mass is 366 g/mol. The average Bonchev–Trinajstić information content (AvgIpc) is 3.09. The number of Topliss-reactive ketones (excluding diaryl/α,β-unsaturated/α-hetero) is 1. The molecule has 3 aromatic rings. The average molecular weight is 366 g/mol. The van der Waals surface area contributed by atoms with Gasteiger partial charge in [-0.05, 0) is 30.0 Å². The summed E-state index contributed by atoms with van der Waals surface area (Å²) in [6, 6.07) is 15.7. The van der Waals surface area contributed by atoms with Crippen molar-refractivity contribution in [3.8, 4) is 11.5 Å². The quantitative estimate of drug-likeness (QED) is 0.452. The molecule has 0 N–H and O–H groups in total. The van der Waals surface area contributed by atoms with Crippen molar-refractivity contribution in [2.75, 3.05) is 5.75 Å². The topological polar surface area (TPSA) is 56.0 Å². The number of thioether (sulfide) groups is 1. The fourth-order valence-electron chi connectivity index (χ4n) is 2.45. The van der Waals surface area contributed by atoms with E-state index < -0.39 is 0 Å². The molecule has 0 aliphatic rings. The van der Waals surface area contributed by atoms with Gasteiger partial charge in [0.2, 0.25) is 5.89 Å². The number of nitrogens with zero attached hydrogens (tertiary/aromatic N) is 2. The number of rotatable bonds is 5. The van der Waals surface area contributed by atoms with Crippen LogP contribution in [0.25, 0.3) is 11.5 Å². The van der Waals surface area contributed by atoms with Crippen LogP contribution in [0.2, 0.25) is 0 Å². The Labute approximate surface area is 158 Å². The third kappa shape index (κ3) is 4.41. The summed E-state index contributed by atoms with van der Waals surface area (Å²) < 4.78 is 5.69. The second-order valence-electron chi connectivity index (χ2n) is 7.28. The number of hydrogen-bond donors (Lipinski definition) is 0. The highest BCUT2D eigenvalue weighted by Gasteiger charge is 2.15. The maximum absolute atomic E-state index is 12.2. The molecule has 4 nitrogen and oxygen atoms in total. The number of hydrogen-bond acceptors (Lipinski definition) is 5. The molecular formula is C21H22N2O2S. The van der Waals surface area contributed by atoms with Gasteiger partial charge in [-0.15, -0.1) is 10.2 Å². The number of aryl methyl sites for hydroxylation is 1. The SMILES string of the molecule is Cc1ccc(C(=O)CSc2nnc(-c3ccc(C(C)(C)C)cc3)o2)cc1. The predicted octanol–water partition coefficient (Wildman–Crippen LogP) is 5.32. The minimum atomic E-state index is 0.0456. The van der Waals surface area contributed by atoms with E-state index >= 15 is 0 Å². The van der Waals surface area contributed by atoms with Crippen LogP contribution in [0.15, 0.2) is 58.2 Å². The summed E-state index contributed by atoms with van der Waals surface area (Å²) >= 11 is 1.26. The lowest BCUT2D eigenvalue weighted by atomic mass is 9.87. The molecule has 0 aliphatic carbocycles. The fourth-order valence-corrected chi connectivity index (χ4v) is 3.11. The van der Waals surface area contributed by atoms with E-state index in [1.54, 1.807) is 0 Å². The van der Waals surface area contributed by atoms with Gasteiger partial charge in [-0.1, -0.05) is 74.5 Å². The second kappa shape index (κ2) is 7.46. The first-order valence-corrected chi connectivity index (χ1v) is 9.48. The van der Waals surface area contributed by atoms with E-state index in [4.69, 9.17) is 4.42 Å². The molecule has 0 radical (unpaired) electrons. The second-order valence-corrected chi connectivity index (χ2v) is 8.20. The molecule has 1 heterocycles. The smallest absolute Gasteiger partial charge is 0.277 e. The van der Waals surface area contributed by atoms with Crippen molar-refractivity contribution < 1.29 is 9.21 Å². The molecule has 0 atom stereocenters. The Morgan fingerprint density at radius 2 is 1.65 bits per heavy atom. The van der Waals surface area contributed by atoms with Gasteiger partial charge >= 0.3 is 0 Å². The zero-order valence-corrected chi connectivity index (χ0v) is 16.3. The number of carbonyl (C=O) groups excluding carboxylic acids is 1. The van der Waals surface area contributed by atoms with Crippen molar-refractivity contribution in [3.63, 3.8) is 0 Å². The molecule has 0 bridgehead atoms. The minimum Gasteiger partial charge on any atom is -0.411 e. The van der Waals surface area contributed by atoms with E-state index in [-0.39, 0.29) is 17.0 Å². The van der Waals surface area contributed by atoms with Crippen LogP contribution in [-0.2, 0) is 5.41 Å². The first kappa shape index (κ1) is 18.4. The van der Waals surface area contributed by atoms with Gasteiger partial charge in [0.05, 0.1) is 5.75 Å². The summed E-state index contributed by atoms with van der Waals surface area (Å²) in [7, 11) is 0. The molecule has 0 fully saturated rings. The Morgan fingerprint density at radius 3 is 2.27 bits per heavy atom. The third-order valence-electron chi connectivity index (χ3n) is 4.10. The summed E-state index contributed by atoms with van der Waals surface area (Å²) in [6.45, 7) is 8.52. The van der Waals surface area contributed by atoms with E-state index in [2.05, 4.69) is 43.1 Å². The normalized spacial score (nSPS) is 11.5. The molecule has 26 heavy (non-hydrogen) atoms. The van der Waals surface area contributed by atoms with Crippen LogP contribution >= 0.6 is 11.8 Å². The van der Waals surface area contributed by atoms with Crippen molar-refractivity contribution >= 4 is 17.5 Å². The molecule has 0 saturated carbocycles. The van der Waals surface area contributed by atoms with Crippen molar-refractivity contribution in [2.24, 2.45) is 0 Å². The van der Waals surface area contributed by atoms with Crippen LogP contribution in [0.5, 0.6) is 0 Å². The molecule has 2 aromatic carbocycles. The van der Waals surface area contributed by atoms with Gasteiger partial charge in [0.15, 0.2) is 5.78 Å². The van der Waals surface area contributed by atoms with Gasteiger partial charge in [-0.2, -0.15) is 0 Å². The standard InChI is InChI=1S/C21H22N2O2S/c1-14-5-7-15(8-6-14)18(24)13-26-20-23-22-19(25-20)16-9-11-17(12-10-16)21(2,3)4/h5-12H,13H2,1-4H3. The van der Waals surface area contributed by atoms with Crippen LogP contribution in [0.4, 0.5) is 0 Å². The summed E-state index contributed by atoms with van der Waals surface area (Å²) in [5, 5.41) is 8.53. The summed E-state index contributed by atoms with van der Waals surface area (Å²) in [6.07, 6.45) is 0.